The highest BCUT2D eigenvalue weighted by molar-refractivity contribution is 5.91. The Morgan fingerprint density at radius 2 is 1.59 bits per heavy atom. The Labute approximate surface area is 167 Å². The van der Waals surface area contributed by atoms with E-state index in [0.717, 1.165) is 5.69 Å². The number of rotatable bonds is 8. The van der Waals surface area contributed by atoms with Gasteiger partial charge in [0.2, 0.25) is 0 Å². The van der Waals surface area contributed by atoms with E-state index in [4.69, 9.17) is 9.47 Å². The van der Waals surface area contributed by atoms with Gasteiger partial charge in [-0.15, -0.1) is 10.2 Å². The molecule has 0 fully saturated rings. The molecule has 3 rings (SSSR count). The minimum Gasteiger partial charge on any atom is -0.484 e. The first-order chi connectivity index (χ1) is 14.1. The number of nitrogens with zero attached hydrogens (tertiary/aromatic N) is 2. The van der Waals surface area contributed by atoms with Crippen LogP contribution in [-0.4, -0.2) is 35.3 Å². The first kappa shape index (κ1) is 19.8. The Morgan fingerprint density at radius 1 is 0.897 bits per heavy atom. The summed E-state index contributed by atoms with van der Waals surface area (Å²) in [6.45, 7) is 1.96. The first-order valence-corrected chi connectivity index (χ1v) is 8.99. The van der Waals surface area contributed by atoms with E-state index in [-0.39, 0.29) is 18.5 Å². The van der Waals surface area contributed by atoms with E-state index in [9.17, 15) is 9.59 Å². The molecule has 8 heteroatoms. The molecular formula is C21H20N4O4. The number of aromatic nitrogens is 2. The lowest BCUT2D eigenvalue weighted by Crippen LogP contribution is -2.21. The van der Waals surface area contributed by atoms with Crippen LogP contribution in [-0.2, 0) is 9.53 Å². The number of carbonyl (C=O) groups is 2. The van der Waals surface area contributed by atoms with Crippen LogP contribution in [0, 0.1) is 0 Å². The van der Waals surface area contributed by atoms with Crippen molar-refractivity contribution in [3.63, 3.8) is 0 Å². The van der Waals surface area contributed by atoms with Gasteiger partial charge in [0.15, 0.2) is 18.2 Å². The molecule has 0 aliphatic heterocycles. The summed E-state index contributed by atoms with van der Waals surface area (Å²) in [4.78, 5) is 23.6. The Hall–Kier alpha value is -3.94. The van der Waals surface area contributed by atoms with Crippen molar-refractivity contribution in [1.29, 1.82) is 0 Å². The minimum atomic E-state index is -0.366. The van der Waals surface area contributed by atoms with Crippen molar-refractivity contribution in [1.82, 2.24) is 10.2 Å². The maximum absolute atomic E-state index is 11.9. The predicted octanol–water partition coefficient (Wildman–Crippen LogP) is 3.41. The Kier molecular flexibility index (Phi) is 6.72. The van der Waals surface area contributed by atoms with Gasteiger partial charge in [0.05, 0.1) is 12.2 Å². The summed E-state index contributed by atoms with van der Waals surface area (Å²) in [6, 6.07) is 19.2. The second-order valence-corrected chi connectivity index (χ2v) is 5.88. The Balaban J connectivity index is 1.50. The van der Waals surface area contributed by atoms with E-state index in [1.807, 2.05) is 18.2 Å². The summed E-state index contributed by atoms with van der Waals surface area (Å²) in [6.07, 6.45) is 0. The van der Waals surface area contributed by atoms with Crippen LogP contribution in [0.25, 0.3) is 0 Å². The van der Waals surface area contributed by atoms with Crippen LogP contribution < -0.4 is 15.4 Å². The van der Waals surface area contributed by atoms with Crippen LogP contribution in [0.15, 0.2) is 66.7 Å². The number of ether oxygens (including phenoxy) is 2. The first-order valence-electron chi connectivity index (χ1n) is 8.99. The van der Waals surface area contributed by atoms with Gasteiger partial charge in [-0.25, -0.2) is 4.79 Å². The molecule has 29 heavy (non-hydrogen) atoms. The molecule has 0 aliphatic carbocycles. The number of carbonyl (C=O) groups excluding carboxylic acids is 2. The van der Waals surface area contributed by atoms with Gasteiger partial charge < -0.3 is 20.1 Å². The summed E-state index contributed by atoms with van der Waals surface area (Å²) in [5, 5.41) is 13.7. The maximum atomic E-state index is 11.9. The summed E-state index contributed by atoms with van der Waals surface area (Å²) in [5.74, 6) is 0.721. The van der Waals surface area contributed by atoms with E-state index in [1.54, 1.807) is 55.5 Å². The third-order valence-electron chi connectivity index (χ3n) is 3.71. The molecular weight excluding hydrogens is 372 g/mol. The van der Waals surface area contributed by atoms with Crippen LogP contribution in [0.5, 0.6) is 5.75 Å². The fourth-order valence-electron chi connectivity index (χ4n) is 2.36. The van der Waals surface area contributed by atoms with E-state index >= 15 is 0 Å². The number of hydrogen-bond donors (Lipinski definition) is 2. The predicted molar refractivity (Wildman–Crippen MR) is 108 cm³/mol. The average Bonchev–Trinajstić information content (AvgIpc) is 2.75. The average molecular weight is 392 g/mol. The van der Waals surface area contributed by atoms with Gasteiger partial charge in [-0.3, -0.25) is 4.79 Å². The van der Waals surface area contributed by atoms with Gasteiger partial charge >= 0.3 is 5.97 Å². The van der Waals surface area contributed by atoms with E-state index in [1.165, 1.54) is 0 Å². The third-order valence-corrected chi connectivity index (χ3v) is 3.71. The van der Waals surface area contributed by atoms with E-state index in [2.05, 4.69) is 20.8 Å². The molecule has 0 unspecified atom stereocenters. The molecule has 0 atom stereocenters. The quantitative estimate of drug-likeness (QED) is 0.566. The summed E-state index contributed by atoms with van der Waals surface area (Å²) >= 11 is 0. The number of benzene rings is 2. The zero-order valence-corrected chi connectivity index (χ0v) is 15.8. The smallest absolute Gasteiger partial charge is 0.338 e. The largest absolute Gasteiger partial charge is 0.484 e. The van der Waals surface area contributed by atoms with Crippen LogP contribution in [0.4, 0.5) is 17.3 Å². The molecule has 0 spiro atoms. The lowest BCUT2D eigenvalue weighted by molar-refractivity contribution is -0.118. The molecule has 0 saturated carbocycles. The molecule has 1 heterocycles. The van der Waals surface area contributed by atoms with Crippen molar-refractivity contribution in [3.05, 3.63) is 72.3 Å². The number of nitrogens with one attached hydrogen (secondary N) is 2. The maximum Gasteiger partial charge on any atom is 0.338 e. The van der Waals surface area contributed by atoms with Gasteiger partial charge in [0.25, 0.3) is 5.91 Å². The molecule has 2 N–H and O–H groups in total. The SMILES string of the molecule is CCOC(=O)c1ccc(Nc2ccc(NC(=O)COc3ccccc3)nn2)cc1. The molecule has 3 aromatic rings. The van der Waals surface area contributed by atoms with Crippen LogP contribution >= 0.6 is 0 Å². The fraction of sp³-hybridized carbons (Fsp3) is 0.143. The van der Waals surface area contributed by atoms with Crippen LogP contribution in [0.1, 0.15) is 17.3 Å². The number of esters is 1. The van der Waals surface area contributed by atoms with Crippen molar-refractivity contribution in [2.75, 3.05) is 23.8 Å². The van der Waals surface area contributed by atoms with Crippen LogP contribution in [0.2, 0.25) is 0 Å². The summed E-state index contributed by atoms with van der Waals surface area (Å²) in [7, 11) is 0. The molecule has 2 aromatic carbocycles. The standard InChI is InChI=1S/C21H20N4O4/c1-2-28-21(27)15-8-10-16(11-9-15)22-18-12-13-19(25-24-18)23-20(26)14-29-17-6-4-3-5-7-17/h3-13H,2,14H2,1H3,(H,22,24)(H,23,25,26). The molecule has 1 aromatic heterocycles. The highest BCUT2D eigenvalue weighted by Gasteiger charge is 2.07. The Bertz CT molecular complexity index is 945. The van der Waals surface area contributed by atoms with Gasteiger partial charge in [-0.2, -0.15) is 0 Å². The monoisotopic (exact) mass is 392 g/mol. The third kappa shape index (κ3) is 6.03. The van der Waals surface area contributed by atoms with Gasteiger partial charge in [0, 0.05) is 5.69 Å². The molecule has 0 radical (unpaired) electrons. The highest BCUT2D eigenvalue weighted by Crippen LogP contribution is 2.16. The second-order valence-electron chi connectivity index (χ2n) is 5.88. The van der Waals surface area contributed by atoms with E-state index in [0.29, 0.717) is 29.6 Å². The number of para-hydroxylation sites is 1. The second kappa shape index (κ2) is 9.84. The molecule has 1 amide bonds. The fourth-order valence-corrected chi connectivity index (χ4v) is 2.36. The zero-order chi connectivity index (χ0) is 20.5. The van der Waals surface area contributed by atoms with Crippen molar-refractivity contribution in [2.45, 2.75) is 6.92 Å². The van der Waals surface area contributed by atoms with Gasteiger partial charge in [-0.05, 0) is 55.5 Å². The lowest BCUT2D eigenvalue weighted by atomic mass is 10.2. The summed E-state index contributed by atoms with van der Waals surface area (Å²) < 4.78 is 10.3. The summed E-state index contributed by atoms with van der Waals surface area (Å²) in [5.41, 5.74) is 1.21. The molecule has 0 saturated heterocycles. The number of anilines is 3. The number of hydrogen-bond acceptors (Lipinski definition) is 7. The minimum absolute atomic E-state index is 0.126. The normalized spacial score (nSPS) is 10.1. The van der Waals surface area contributed by atoms with Crippen molar-refractivity contribution in [3.8, 4) is 5.75 Å². The molecule has 0 aliphatic rings. The van der Waals surface area contributed by atoms with Gasteiger partial charge in [-0.1, -0.05) is 18.2 Å². The van der Waals surface area contributed by atoms with Gasteiger partial charge in [0.1, 0.15) is 5.75 Å². The van der Waals surface area contributed by atoms with Crippen molar-refractivity contribution >= 4 is 29.2 Å². The number of amides is 1. The zero-order valence-electron chi connectivity index (χ0n) is 15.8. The molecule has 148 valence electrons. The van der Waals surface area contributed by atoms with Crippen molar-refractivity contribution in [2.24, 2.45) is 0 Å². The Morgan fingerprint density at radius 3 is 2.24 bits per heavy atom. The van der Waals surface area contributed by atoms with Crippen molar-refractivity contribution < 1.29 is 19.1 Å². The highest BCUT2D eigenvalue weighted by atomic mass is 16.5. The topological polar surface area (TPSA) is 102 Å². The van der Waals surface area contributed by atoms with E-state index < -0.39 is 0 Å². The van der Waals surface area contributed by atoms with Crippen LogP contribution in [0.3, 0.4) is 0 Å². The molecule has 8 nitrogen and oxygen atoms in total. The lowest BCUT2D eigenvalue weighted by Gasteiger charge is -2.08. The molecule has 0 bridgehead atoms.